The Labute approximate surface area is 154 Å². The number of H-pyrrole nitrogens is 1. The van der Waals surface area contributed by atoms with Crippen LogP contribution < -0.4 is 9.80 Å². The van der Waals surface area contributed by atoms with E-state index in [1.54, 1.807) is 6.07 Å². The topological polar surface area (TPSA) is 35.2 Å². The molecule has 1 aliphatic rings. The van der Waals surface area contributed by atoms with E-state index in [4.69, 9.17) is 0 Å². The maximum Gasteiger partial charge on any atom is 0.157 e. The molecule has 0 fully saturated rings. The molecule has 1 atom stereocenters. The summed E-state index contributed by atoms with van der Waals surface area (Å²) in [5.41, 5.74) is 2.34. The third-order valence-electron chi connectivity index (χ3n) is 4.50. The van der Waals surface area contributed by atoms with Gasteiger partial charge in [-0.3, -0.25) is 5.10 Å². The first kappa shape index (κ1) is 16.1. The average molecular weight is 401 g/mol. The number of hydrogen-bond acceptors (Lipinski definition) is 3. The fourth-order valence-corrected chi connectivity index (χ4v) is 3.61. The highest BCUT2D eigenvalue weighted by atomic mass is 79.9. The minimum absolute atomic E-state index is 0.0000246. The van der Waals surface area contributed by atoms with Crippen LogP contribution in [0.4, 0.5) is 15.8 Å². The van der Waals surface area contributed by atoms with Crippen molar-refractivity contribution in [3.05, 3.63) is 65.3 Å². The first-order valence-electron chi connectivity index (χ1n) is 8.18. The molecule has 4 nitrogen and oxygen atoms in total. The van der Waals surface area contributed by atoms with Gasteiger partial charge in [-0.05, 0) is 42.3 Å². The van der Waals surface area contributed by atoms with Crippen molar-refractivity contribution in [2.24, 2.45) is 5.92 Å². The zero-order chi connectivity index (χ0) is 17.6. The molecule has 1 aromatic heterocycles. The van der Waals surface area contributed by atoms with Crippen LogP contribution in [0.3, 0.4) is 0 Å². The standard InChI is InChI=1S/C19H18BrFN4/c1-12(2)19-24(14-5-3-13(20)4-6-14)9-10-25(19)17-8-7-16-15(18(17)21)11-22-23-16/h3-12,19H,1-2H3,(H,22,23). The van der Waals surface area contributed by atoms with Gasteiger partial charge in [0.25, 0.3) is 0 Å². The van der Waals surface area contributed by atoms with Crippen LogP contribution in [0, 0.1) is 11.7 Å². The van der Waals surface area contributed by atoms with Gasteiger partial charge in [-0.15, -0.1) is 0 Å². The predicted molar refractivity (Wildman–Crippen MR) is 103 cm³/mol. The highest BCUT2D eigenvalue weighted by Crippen LogP contribution is 2.36. The van der Waals surface area contributed by atoms with Crippen LogP contribution in [0.5, 0.6) is 0 Å². The molecule has 3 aromatic rings. The molecule has 0 saturated carbocycles. The molecule has 0 bridgehead atoms. The van der Waals surface area contributed by atoms with Crippen LogP contribution in [0.25, 0.3) is 10.9 Å². The van der Waals surface area contributed by atoms with Crippen LogP contribution in [-0.4, -0.2) is 16.4 Å². The maximum absolute atomic E-state index is 15.0. The van der Waals surface area contributed by atoms with Gasteiger partial charge in [-0.2, -0.15) is 5.10 Å². The molecule has 0 saturated heterocycles. The molecule has 2 heterocycles. The molecular formula is C19H18BrFN4. The van der Waals surface area contributed by atoms with Gasteiger partial charge in [0, 0.05) is 22.6 Å². The van der Waals surface area contributed by atoms with Crippen LogP contribution in [-0.2, 0) is 0 Å². The van der Waals surface area contributed by atoms with Gasteiger partial charge in [-0.1, -0.05) is 29.8 Å². The Balaban J connectivity index is 1.75. The van der Waals surface area contributed by atoms with Gasteiger partial charge < -0.3 is 9.80 Å². The van der Waals surface area contributed by atoms with Crippen molar-refractivity contribution in [2.75, 3.05) is 9.80 Å². The molecule has 128 valence electrons. The lowest BCUT2D eigenvalue weighted by Crippen LogP contribution is -2.43. The summed E-state index contributed by atoms with van der Waals surface area (Å²) in [6, 6.07) is 11.8. The lowest BCUT2D eigenvalue weighted by Gasteiger charge is -2.35. The average Bonchev–Trinajstić information content (AvgIpc) is 3.23. The fourth-order valence-electron chi connectivity index (χ4n) is 3.34. The van der Waals surface area contributed by atoms with Crippen molar-refractivity contribution < 1.29 is 4.39 Å². The number of anilines is 2. The molecule has 0 amide bonds. The summed E-state index contributed by atoms with van der Waals surface area (Å²) >= 11 is 3.47. The van der Waals surface area contributed by atoms with Gasteiger partial charge in [0.05, 0.1) is 22.8 Å². The molecule has 1 N–H and O–H groups in total. The Bertz CT molecular complexity index is 932. The van der Waals surface area contributed by atoms with Gasteiger partial charge in [0.2, 0.25) is 0 Å². The van der Waals surface area contributed by atoms with E-state index in [1.165, 1.54) is 6.20 Å². The predicted octanol–water partition coefficient (Wildman–Crippen LogP) is 5.24. The Hall–Kier alpha value is -2.34. The van der Waals surface area contributed by atoms with E-state index in [0.29, 0.717) is 16.6 Å². The van der Waals surface area contributed by atoms with E-state index in [1.807, 2.05) is 35.5 Å². The molecule has 0 radical (unpaired) electrons. The summed E-state index contributed by atoms with van der Waals surface area (Å²) in [6.45, 7) is 4.29. The lowest BCUT2D eigenvalue weighted by atomic mass is 10.1. The number of halogens is 2. The summed E-state index contributed by atoms with van der Waals surface area (Å²) < 4.78 is 16.0. The first-order valence-corrected chi connectivity index (χ1v) is 8.97. The molecule has 25 heavy (non-hydrogen) atoms. The Morgan fingerprint density at radius 1 is 1.08 bits per heavy atom. The largest absolute Gasteiger partial charge is 0.325 e. The SMILES string of the molecule is CC(C)C1N(c2ccc(Br)cc2)C=CN1c1ccc2[nH]ncc2c1F. The summed E-state index contributed by atoms with van der Waals surface area (Å²) in [5, 5.41) is 7.26. The number of hydrogen-bond donors (Lipinski definition) is 1. The summed E-state index contributed by atoms with van der Waals surface area (Å²) in [4.78, 5) is 4.17. The van der Waals surface area contributed by atoms with Gasteiger partial charge in [0.15, 0.2) is 5.82 Å². The molecule has 4 rings (SSSR count). The van der Waals surface area contributed by atoms with Crippen LogP contribution in [0.1, 0.15) is 13.8 Å². The molecule has 0 aliphatic carbocycles. The lowest BCUT2D eigenvalue weighted by molar-refractivity contribution is 0.495. The van der Waals surface area contributed by atoms with E-state index in [9.17, 15) is 0 Å². The smallest absolute Gasteiger partial charge is 0.157 e. The van der Waals surface area contributed by atoms with E-state index in [2.05, 4.69) is 57.0 Å². The minimum atomic E-state index is -0.251. The van der Waals surface area contributed by atoms with Crippen molar-refractivity contribution in [3.8, 4) is 0 Å². The van der Waals surface area contributed by atoms with E-state index in [-0.39, 0.29) is 17.9 Å². The third kappa shape index (κ3) is 2.70. The van der Waals surface area contributed by atoms with Crippen LogP contribution in [0.15, 0.2) is 59.5 Å². The Morgan fingerprint density at radius 3 is 2.52 bits per heavy atom. The van der Waals surface area contributed by atoms with E-state index in [0.717, 1.165) is 10.2 Å². The second-order valence-corrected chi connectivity index (χ2v) is 7.39. The van der Waals surface area contributed by atoms with Crippen LogP contribution in [0.2, 0.25) is 0 Å². The number of nitrogens with one attached hydrogen (secondary N) is 1. The molecule has 1 aliphatic heterocycles. The first-order chi connectivity index (χ1) is 12.1. The normalized spacial score (nSPS) is 17.2. The third-order valence-corrected chi connectivity index (χ3v) is 5.02. The number of nitrogens with zero attached hydrogens (tertiary/aromatic N) is 3. The second kappa shape index (κ2) is 6.19. The summed E-state index contributed by atoms with van der Waals surface area (Å²) in [7, 11) is 0. The molecular weight excluding hydrogens is 383 g/mol. The van der Waals surface area contributed by atoms with E-state index >= 15 is 4.39 Å². The van der Waals surface area contributed by atoms with Gasteiger partial charge >= 0.3 is 0 Å². The Kier molecular flexibility index (Phi) is 4.00. The zero-order valence-electron chi connectivity index (χ0n) is 13.9. The summed E-state index contributed by atoms with van der Waals surface area (Å²) in [5.74, 6) is 0.0392. The van der Waals surface area contributed by atoms with Crippen LogP contribution >= 0.6 is 15.9 Å². The second-order valence-electron chi connectivity index (χ2n) is 6.48. The molecule has 0 spiro atoms. The number of rotatable bonds is 3. The van der Waals surface area contributed by atoms with Crippen molar-refractivity contribution in [3.63, 3.8) is 0 Å². The van der Waals surface area contributed by atoms with Gasteiger partial charge in [-0.25, -0.2) is 4.39 Å². The van der Waals surface area contributed by atoms with Gasteiger partial charge in [0.1, 0.15) is 6.17 Å². The van der Waals surface area contributed by atoms with Crippen molar-refractivity contribution in [1.82, 2.24) is 10.2 Å². The molecule has 6 heteroatoms. The zero-order valence-corrected chi connectivity index (χ0v) is 15.5. The number of benzene rings is 2. The highest BCUT2D eigenvalue weighted by Gasteiger charge is 2.32. The monoisotopic (exact) mass is 400 g/mol. The minimum Gasteiger partial charge on any atom is -0.325 e. The number of aromatic nitrogens is 2. The van der Waals surface area contributed by atoms with Crippen molar-refractivity contribution >= 4 is 38.2 Å². The molecule has 1 unspecified atom stereocenters. The van der Waals surface area contributed by atoms with E-state index < -0.39 is 0 Å². The quantitative estimate of drug-likeness (QED) is 0.652. The number of aromatic amines is 1. The van der Waals surface area contributed by atoms with Crippen molar-refractivity contribution in [2.45, 2.75) is 20.0 Å². The highest BCUT2D eigenvalue weighted by molar-refractivity contribution is 9.10. The van der Waals surface area contributed by atoms with Crippen molar-refractivity contribution in [1.29, 1.82) is 0 Å². The fraction of sp³-hybridized carbons (Fsp3) is 0.211. The maximum atomic E-state index is 15.0. The summed E-state index contributed by atoms with van der Waals surface area (Å²) in [6.07, 6.45) is 5.48. The Morgan fingerprint density at radius 2 is 1.80 bits per heavy atom. The molecule has 2 aromatic carbocycles. The number of fused-ring (bicyclic) bond motifs is 1.